The fourth-order valence-electron chi connectivity index (χ4n) is 0.413. The average Bonchev–Trinajstić information content (AvgIpc) is 1.52. The lowest BCUT2D eigenvalue weighted by Gasteiger charge is -2.16. The van der Waals surface area contributed by atoms with Gasteiger partial charge < -0.3 is 5.11 Å². The van der Waals surface area contributed by atoms with Gasteiger partial charge in [-0.1, -0.05) is 0 Å². The van der Waals surface area contributed by atoms with Crippen molar-refractivity contribution >= 4 is 20.2 Å². The molecule has 0 aliphatic heterocycles. The maximum absolute atomic E-state index is 10.3. The van der Waals surface area contributed by atoms with Gasteiger partial charge in [0.05, 0.1) is 0 Å². The second-order valence-electron chi connectivity index (χ2n) is 2.38. The van der Waals surface area contributed by atoms with Gasteiger partial charge in [0.15, 0.2) is 0 Å². The van der Waals surface area contributed by atoms with E-state index in [-0.39, 0.29) is 0 Å². The Bertz CT molecular complexity index is 346. The first-order valence-electron chi connectivity index (χ1n) is 2.60. The Morgan fingerprint density at radius 2 is 1.50 bits per heavy atom. The highest BCUT2D eigenvalue weighted by molar-refractivity contribution is 7.90. The summed E-state index contributed by atoms with van der Waals surface area (Å²) in [6.45, 7) is 0.552. The minimum absolute atomic E-state index is 0.552. The minimum atomic E-state index is -4.92. The van der Waals surface area contributed by atoms with E-state index in [1.165, 1.54) is 0 Å². The maximum Gasteiger partial charge on any atom is 0.295 e. The molecule has 0 aliphatic carbocycles. The van der Waals surface area contributed by atoms with Gasteiger partial charge in [-0.2, -0.15) is 16.8 Å². The van der Waals surface area contributed by atoms with Gasteiger partial charge in [-0.05, 0) is 6.92 Å². The van der Waals surface area contributed by atoms with E-state index in [0.717, 1.165) is 0 Å². The molecule has 1 atom stereocenters. The van der Waals surface area contributed by atoms with Crippen LogP contribution in [0.4, 0.5) is 0 Å². The summed E-state index contributed by atoms with van der Waals surface area (Å²) in [7, 11) is -9.57. The summed E-state index contributed by atoms with van der Waals surface area (Å²) in [5.74, 6) is -1.47. The van der Waals surface area contributed by atoms with Crippen LogP contribution in [0.25, 0.3) is 0 Å². The van der Waals surface area contributed by atoms with Crippen LogP contribution in [0.2, 0.25) is 0 Å². The van der Waals surface area contributed by atoms with Crippen molar-refractivity contribution in [3.05, 3.63) is 0 Å². The second kappa shape index (κ2) is 2.92. The van der Waals surface area contributed by atoms with Crippen LogP contribution in [-0.4, -0.2) is 41.7 Å². The molecule has 0 spiro atoms. The summed E-state index contributed by atoms with van der Waals surface area (Å²) >= 11 is 0. The molecule has 0 saturated carbocycles. The van der Waals surface area contributed by atoms with Crippen molar-refractivity contribution in [1.29, 1.82) is 0 Å². The van der Waals surface area contributed by atoms with Gasteiger partial charge in [-0.25, -0.2) is 0 Å². The van der Waals surface area contributed by atoms with Crippen LogP contribution in [-0.2, 0) is 20.2 Å². The molecular weight excluding hydrogens is 212 g/mol. The van der Waals surface area contributed by atoms with Gasteiger partial charge in [-0.3, -0.25) is 9.11 Å². The molecule has 0 radical (unpaired) electrons. The van der Waals surface area contributed by atoms with Crippen LogP contribution in [0.15, 0.2) is 0 Å². The molecule has 12 heavy (non-hydrogen) atoms. The molecule has 0 saturated heterocycles. The largest absolute Gasteiger partial charge is 0.372 e. The molecule has 0 aromatic rings. The Labute approximate surface area is 69.5 Å². The third-order valence-electron chi connectivity index (χ3n) is 1.01. The lowest BCUT2D eigenvalue weighted by molar-refractivity contribution is 0.152. The minimum Gasteiger partial charge on any atom is -0.372 e. The quantitative estimate of drug-likeness (QED) is 0.492. The van der Waals surface area contributed by atoms with Crippen molar-refractivity contribution < 1.29 is 31.0 Å². The van der Waals surface area contributed by atoms with E-state index in [2.05, 4.69) is 0 Å². The summed E-state index contributed by atoms with van der Waals surface area (Å²) in [5, 5.41) is 8.81. The number of hydrogen-bond acceptors (Lipinski definition) is 5. The van der Waals surface area contributed by atoms with E-state index in [4.69, 9.17) is 14.2 Å². The fraction of sp³-hybridized carbons (Fsp3) is 1.00. The molecule has 0 rings (SSSR count). The molecular formula is C3H8O7S2. The lowest BCUT2D eigenvalue weighted by Crippen LogP contribution is -2.41. The lowest BCUT2D eigenvalue weighted by atomic mass is 10.5. The molecule has 7 nitrogen and oxygen atoms in total. The van der Waals surface area contributed by atoms with Crippen LogP contribution in [0, 0.1) is 0 Å². The predicted octanol–water partition coefficient (Wildman–Crippen LogP) is -1.53. The van der Waals surface area contributed by atoms with Crippen molar-refractivity contribution in [1.82, 2.24) is 0 Å². The summed E-state index contributed by atoms with van der Waals surface area (Å²) in [6, 6.07) is 0. The van der Waals surface area contributed by atoms with Crippen molar-refractivity contribution in [3.8, 4) is 0 Å². The zero-order valence-electron chi connectivity index (χ0n) is 6.00. The maximum atomic E-state index is 10.3. The highest BCUT2D eigenvalue weighted by atomic mass is 32.2. The van der Waals surface area contributed by atoms with Crippen LogP contribution < -0.4 is 0 Å². The van der Waals surface area contributed by atoms with Gasteiger partial charge in [0.25, 0.3) is 20.2 Å². The smallest absolute Gasteiger partial charge is 0.295 e. The summed E-state index contributed by atoms with van der Waals surface area (Å²) in [6.07, 6.45) is 0. The molecule has 0 aromatic carbocycles. The Morgan fingerprint density at radius 1 is 1.17 bits per heavy atom. The summed E-state index contributed by atoms with van der Waals surface area (Å²) in [4.78, 5) is -2.89. The number of rotatable bonds is 3. The van der Waals surface area contributed by atoms with Crippen LogP contribution in [0.3, 0.4) is 0 Å². The standard InChI is InChI=1S/C3H8O7S2/c1-3(4,12(8,9)10)2-11(5,6)7/h4H,2H2,1H3,(H,5,6,7)(H,8,9,10). The SMILES string of the molecule is CC(O)(CS(=O)(=O)O)S(=O)(=O)O. The zero-order chi connectivity index (χ0) is 10.2. The van der Waals surface area contributed by atoms with Crippen molar-refractivity contribution in [2.24, 2.45) is 0 Å². The molecule has 3 N–H and O–H groups in total. The molecule has 1 unspecified atom stereocenters. The third-order valence-corrected chi connectivity index (χ3v) is 3.37. The Morgan fingerprint density at radius 3 is 1.58 bits per heavy atom. The molecule has 9 heteroatoms. The molecule has 0 amide bonds. The molecule has 0 heterocycles. The van der Waals surface area contributed by atoms with Gasteiger partial charge in [0.1, 0.15) is 5.75 Å². The van der Waals surface area contributed by atoms with Crippen LogP contribution >= 0.6 is 0 Å². The Balaban J connectivity index is 4.94. The normalized spacial score (nSPS) is 18.7. The van der Waals surface area contributed by atoms with Gasteiger partial charge in [0.2, 0.25) is 4.93 Å². The first-order chi connectivity index (χ1) is 4.96. The molecule has 0 fully saturated rings. The van der Waals surface area contributed by atoms with Gasteiger partial charge in [0, 0.05) is 0 Å². The van der Waals surface area contributed by atoms with Crippen LogP contribution in [0.5, 0.6) is 0 Å². The molecule has 0 bridgehead atoms. The van der Waals surface area contributed by atoms with Crippen LogP contribution in [0.1, 0.15) is 6.92 Å². The van der Waals surface area contributed by atoms with E-state index >= 15 is 0 Å². The zero-order valence-corrected chi connectivity index (χ0v) is 7.63. The molecule has 0 aliphatic rings. The number of hydrogen-bond donors (Lipinski definition) is 3. The highest BCUT2D eigenvalue weighted by Gasteiger charge is 2.39. The fourth-order valence-corrected chi connectivity index (χ4v) is 2.13. The summed E-state index contributed by atoms with van der Waals surface area (Å²) < 4.78 is 57.2. The Kier molecular flexibility index (Phi) is 2.87. The predicted molar refractivity (Wildman–Crippen MR) is 38.6 cm³/mol. The molecule has 0 aromatic heterocycles. The van der Waals surface area contributed by atoms with E-state index in [1.807, 2.05) is 0 Å². The van der Waals surface area contributed by atoms with E-state index in [9.17, 15) is 16.8 Å². The average molecular weight is 220 g/mol. The van der Waals surface area contributed by atoms with Gasteiger partial charge >= 0.3 is 0 Å². The van der Waals surface area contributed by atoms with E-state index in [1.54, 1.807) is 0 Å². The monoisotopic (exact) mass is 220 g/mol. The van der Waals surface area contributed by atoms with Crippen molar-refractivity contribution in [2.75, 3.05) is 5.75 Å². The van der Waals surface area contributed by atoms with Crippen molar-refractivity contribution in [2.45, 2.75) is 11.9 Å². The highest BCUT2D eigenvalue weighted by Crippen LogP contribution is 2.13. The topological polar surface area (TPSA) is 129 Å². The van der Waals surface area contributed by atoms with E-state index in [0.29, 0.717) is 6.92 Å². The van der Waals surface area contributed by atoms with Gasteiger partial charge in [-0.15, -0.1) is 0 Å². The Hall–Kier alpha value is -0.220. The van der Waals surface area contributed by atoms with Crippen molar-refractivity contribution in [3.63, 3.8) is 0 Å². The summed E-state index contributed by atoms with van der Waals surface area (Å²) in [5.41, 5.74) is 0. The number of aliphatic hydroxyl groups is 1. The first-order valence-corrected chi connectivity index (χ1v) is 5.65. The third kappa shape index (κ3) is 3.45. The second-order valence-corrected chi connectivity index (χ2v) is 5.66. The van der Waals surface area contributed by atoms with E-state index < -0.39 is 30.9 Å². The first kappa shape index (κ1) is 11.8. The molecule has 74 valence electrons.